The van der Waals surface area contributed by atoms with Crippen molar-refractivity contribution in [1.82, 2.24) is 9.78 Å². The molecule has 3 rings (SSSR count). The molecule has 0 amide bonds. The molecule has 28 heavy (non-hydrogen) atoms. The number of aromatic nitrogens is 2. The van der Waals surface area contributed by atoms with E-state index >= 15 is 0 Å². The minimum absolute atomic E-state index is 0.266. The van der Waals surface area contributed by atoms with Gasteiger partial charge in [-0.25, -0.2) is 4.39 Å². The molecule has 5 nitrogen and oxygen atoms in total. The minimum atomic E-state index is -0.266. The molecular weight excluding hydrogens is 399 g/mol. The van der Waals surface area contributed by atoms with Gasteiger partial charge in [0, 0.05) is 5.02 Å². The van der Waals surface area contributed by atoms with Crippen LogP contribution < -0.4 is 15.4 Å². The lowest BCUT2D eigenvalue weighted by atomic mass is 10.2. The molecule has 0 fully saturated rings. The molecule has 0 saturated heterocycles. The van der Waals surface area contributed by atoms with Crippen LogP contribution in [0.3, 0.4) is 0 Å². The number of thiocarbonyl (C=S) groups is 1. The third-order valence-corrected chi connectivity index (χ3v) is 4.69. The van der Waals surface area contributed by atoms with Crippen molar-refractivity contribution in [1.29, 1.82) is 0 Å². The van der Waals surface area contributed by atoms with Crippen LogP contribution in [-0.4, -0.2) is 22.0 Å². The van der Waals surface area contributed by atoms with Gasteiger partial charge in [0.05, 0.1) is 36.4 Å². The lowest BCUT2D eigenvalue weighted by molar-refractivity contribution is 0.417. The average molecular weight is 419 g/mol. The zero-order valence-electron chi connectivity index (χ0n) is 15.7. The van der Waals surface area contributed by atoms with Crippen molar-refractivity contribution in [2.24, 2.45) is 0 Å². The lowest BCUT2D eigenvalue weighted by Gasteiger charge is -2.14. The molecule has 1 aromatic heterocycles. The van der Waals surface area contributed by atoms with Crippen LogP contribution in [0.4, 0.5) is 15.8 Å². The Kier molecular flexibility index (Phi) is 6.16. The summed E-state index contributed by atoms with van der Waals surface area (Å²) in [6.07, 6.45) is 0. The molecule has 0 spiro atoms. The van der Waals surface area contributed by atoms with Crippen molar-refractivity contribution in [2.45, 2.75) is 20.4 Å². The predicted molar refractivity (Wildman–Crippen MR) is 115 cm³/mol. The van der Waals surface area contributed by atoms with E-state index in [1.54, 1.807) is 31.4 Å². The third-order valence-electron chi connectivity index (χ3n) is 4.25. The zero-order valence-corrected chi connectivity index (χ0v) is 17.3. The Balaban J connectivity index is 1.77. The second-order valence-corrected chi connectivity index (χ2v) is 7.10. The van der Waals surface area contributed by atoms with E-state index < -0.39 is 0 Å². The van der Waals surface area contributed by atoms with Gasteiger partial charge in [-0.2, -0.15) is 5.10 Å². The number of aryl methyl sites for hydroxylation is 1. The Morgan fingerprint density at radius 2 is 2.00 bits per heavy atom. The number of hydrogen-bond donors (Lipinski definition) is 2. The van der Waals surface area contributed by atoms with Crippen LogP contribution in [-0.2, 0) is 6.54 Å². The standard InChI is InChI=1S/C20H20ClFN4OS/c1-12-19(13(2)26(25-12)11-14-5-4-6-16(22)9-14)24-20(28)23-17-10-15(21)7-8-18(17)27-3/h4-10H,11H2,1-3H3,(H2,23,24,28). The van der Waals surface area contributed by atoms with E-state index in [1.807, 2.05) is 24.6 Å². The molecule has 8 heteroatoms. The number of halogens is 2. The first-order valence-corrected chi connectivity index (χ1v) is 9.36. The van der Waals surface area contributed by atoms with Crippen molar-refractivity contribution < 1.29 is 9.13 Å². The summed E-state index contributed by atoms with van der Waals surface area (Å²) >= 11 is 11.5. The summed E-state index contributed by atoms with van der Waals surface area (Å²) in [5, 5.41) is 11.8. The van der Waals surface area contributed by atoms with Crippen LogP contribution in [0, 0.1) is 19.7 Å². The van der Waals surface area contributed by atoms with Gasteiger partial charge in [-0.1, -0.05) is 23.7 Å². The van der Waals surface area contributed by atoms with E-state index in [4.69, 9.17) is 28.6 Å². The summed E-state index contributed by atoms with van der Waals surface area (Å²) in [6.45, 7) is 4.29. The molecule has 146 valence electrons. The van der Waals surface area contributed by atoms with Gasteiger partial charge in [0.1, 0.15) is 11.6 Å². The molecule has 0 bridgehead atoms. The maximum absolute atomic E-state index is 13.4. The normalized spacial score (nSPS) is 10.6. The van der Waals surface area contributed by atoms with Crippen molar-refractivity contribution in [3.05, 3.63) is 70.3 Å². The van der Waals surface area contributed by atoms with Crippen LogP contribution in [0.15, 0.2) is 42.5 Å². The van der Waals surface area contributed by atoms with Crippen molar-refractivity contribution in [3.63, 3.8) is 0 Å². The SMILES string of the molecule is COc1ccc(Cl)cc1NC(=S)Nc1c(C)nn(Cc2cccc(F)c2)c1C. The van der Waals surface area contributed by atoms with Gasteiger partial charge in [0.25, 0.3) is 0 Å². The van der Waals surface area contributed by atoms with Crippen LogP contribution in [0.2, 0.25) is 5.02 Å². The molecule has 2 aromatic carbocycles. The van der Waals surface area contributed by atoms with E-state index in [9.17, 15) is 4.39 Å². The lowest BCUT2D eigenvalue weighted by Crippen LogP contribution is -2.20. The molecule has 0 atom stereocenters. The number of rotatable bonds is 5. The number of hydrogen-bond acceptors (Lipinski definition) is 3. The second-order valence-electron chi connectivity index (χ2n) is 6.26. The Labute approximate surface area is 173 Å². The minimum Gasteiger partial charge on any atom is -0.495 e. The highest BCUT2D eigenvalue weighted by molar-refractivity contribution is 7.80. The molecule has 1 heterocycles. The molecule has 0 aliphatic rings. The molecule has 0 radical (unpaired) electrons. The van der Waals surface area contributed by atoms with Gasteiger partial charge in [-0.15, -0.1) is 0 Å². The molecule has 0 saturated carbocycles. The first-order chi connectivity index (χ1) is 13.4. The average Bonchev–Trinajstić information content (AvgIpc) is 2.89. The third kappa shape index (κ3) is 4.61. The van der Waals surface area contributed by atoms with Crippen LogP contribution in [0.25, 0.3) is 0 Å². The predicted octanol–water partition coefficient (Wildman–Crippen LogP) is 5.16. The number of benzene rings is 2. The van der Waals surface area contributed by atoms with Crippen molar-refractivity contribution >= 4 is 40.3 Å². The Morgan fingerprint density at radius 1 is 1.21 bits per heavy atom. The van der Waals surface area contributed by atoms with E-state index in [0.717, 1.165) is 22.6 Å². The highest BCUT2D eigenvalue weighted by Crippen LogP contribution is 2.28. The van der Waals surface area contributed by atoms with Crippen LogP contribution in [0.5, 0.6) is 5.75 Å². The quantitative estimate of drug-likeness (QED) is 0.560. The van der Waals surface area contributed by atoms with E-state index in [0.29, 0.717) is 28.1 Å². The Hall–Kier alpha value is -2.64. The maximum atomic E-state index is 13.4. The molecule has 0 aliphatic carbocycles. The molecule has 0 unspecified atom stereocenters. The number of ether oxygens (including phenoxy) is 1. The summed E-state index contributed by atoms with van der Waals surface area (Å²) in [5.74, 6) is 0.363. The number of anilines is 2. The summed E-state index contributed by atoms with van der Waals surface area (Å²) in [4.78, 5) is 0. The first kappa shape index (κ1) is 20.1. The topological polar surface area (TPSA) is 51.1 Å². The molecular formula is C20H20ClFN4OS. The fourth-order valence-electron chi connectivity index (χ4n) is 2.89. The Bertz CT molecular complexity index is 1020. The van der Waals surface area contributed by atoms with Gasteiger partial charge >= 0.3 is 0 Å². The molecule has 2 N–H and O–H groups in total. The zero-order chi connectivity index (χ0) is 20.3. The van der Waals surface area contributed by atoms with Gasteiger partial charge in [0.2, 0.25) is 0 Å². The monoisotopic (exact) mass is 418 g/mol. The van der Waals surface area contributed by atoms with Gasteiger partial charge in [-0.3, -0.25) is 4.68 Å². The van der Waals surface area contributed by atoms with Gasteiger partial charge < -0.3 is 15.4 Å². The summed E-state index contributed by atoms with van der Waals surface area (Å²) in [5.41, 5.74) is 3.98. The second kappa shape index (κ2) is 8.58. The summed E-state index contributed by atoms with van der Waals surface area (Å²) < 4.78 is 20.6. The summed E-state index contributed by atoms with van der Waals surface area (Å²) in [7, 11) is 1.58. The summed E-state index contributed by atoms with van der Waals surface area (Å²) in [6, 6.07) is 11.7. The first-order valence-electron chi connectivity index (χ1n) is 8.57. The largest absolute Gasteiger partial charge is 0.495 e. The fraction of sp³-hybridized carbons (Fsp3) is 0.200. The van der Waals surface area contributed by atoms with Crippen LogP contribution >= 0.6 is 23.8 Å². The fourth-order valence-corrected chi connectivity index (χ4v) is 3.27. The highest BCUT2D eigenvalue weighted by atomic mass is 35.5. The smallest absolute Gasteiger partial charge is 0.175 e. The number of nitrogens with zero attached hydrogens (tertiary/aromatic N) is 2. The van der Waals surface area contributed by atoms with E-state index in [2.05, 4.69) is 15.7 Å². The van der Waals surface area contributed by atoms with Crippen molar-refractivity contribution in [2.75, 3.05) is 17.7 Å². The van der Waals surface area contributed by atoms with E-state index in [-0.39, 0.29) is 5.82 Å². The van der Waals surface area contributed by atoms with Crippen LogP contribution in [0.1, 0.15) is 17.0 Å². The molecule has 3 aromatic rings. The van der Waals surface area contributed by atoms with Gasteiger partial charge in [0.15, 0.2) is 5.11 Å². The van der Waals surface area contributed by atoms with Gasteiger partial charge in [-0.05, 0) is 62.0 Å². The number of nitrogens with one attached hydrogen (secondary N) is 2. The maximum Gasteiger partial charge on any atom is 0.175 e. The molecule has 0 aliphatic heterocycles. The Morgan fingerprint density at radius 3 is 2.71 bits per heavy atom. The number of methoxy groups -OCH3 is 1. The highest BCUT2D eigenvalue weighted by Gasteiger charge is 2.14. The van der Waals surface area contributed by atoms with Crippen molar-refractivity contribution in [3.8, 4) is 5.75 Å². The van der Waals surface area contributed by atoms with E-state index in [1.165, 1.54) is 12.1 Å².